The van der Waals surface area contributed by atoms with Gasteiger partial charge < -0.3 is 4.98 Å². The summed E-state index contributed by atoms with van der Waals surface area (Å²) in [6.07, 6.45) is 1.82. The first-order chi connectivity index (χ1) is 10.2. The van der Waals surface area contributed by atoms with Crippen molar-refractivity contribution in [2.45, 2.75) is 6.92 Å². The van der Waals surface area contributed by atoms with E-state index in [1.165, 1.54) is 6.07 Å². The number of H-pyrrole nitrogens is 1. The molecule has 4 rings (SSSR count). The molecule has 2 aromatic heterocycles. The van der Waals surface area contributed by atoms with Gasteiger partial charge in [-0.1, -0.05) is 18.2 Å². The van der Waals surface area contributed by atoms with Gasteiger partial charge in [0.1, 0.15) is 5.82 Å². The molecule has 0 saturated heterocycles. The Kier molecular flexibility index (Phi) is 2.54. The van der Waals surface area contributed by atoms with E-state index in [0.717, 1.165) is 38.6 Å². The molecule has 102 valence electrons. The second kappa shape index (κ2) is 4.42. The van der Waals surface area contributed by atoms with Gasteiger partial charge in [-0.05, 0) is 48.4 Å². The van der Waals surface area contributed by atoms with Crippen LogP contribution in [-0.2, 0) is 0 Å². The van der Waals surface area contributed by atoms with Crippen LogP contribution in [0.3, 0.4) is 0 Å². The molecule has 0 unspecified atom stereocenters. The minimum absolute atomic E-state index is 0.216. The zero-order chi connectivity index (χ0) is 14.4. The number of aromatic amines is 1. The third-order valence-corrected chi connectivity index (χ3v) is 3.87. The van der Waals surface area contributed by atoms with Gasteiger partial charge >= 0.3 is 0 Å². The molecule has 21 heavy (non-hydrogen) atoms. The van der Waals surface area contributed by atoms with Crippen molar-refractivity contribution in [1.82, 2.24) is 9.97 Å². The zero-order valence-corrected chi connectivity index (χ0v) is 11.5. The van der Waals surface area contributed by atoms with Crippen LogP contribution in [0.25, 0.3) is 32.9 Å². The second-order valence-electron chi connectivity index (χ2n) is 5.21. The van der Waals surface area contributed by atoms with Gasteiger partial charge in [0.25, 0.3) is 0 Å². The molecule has 2 nitrogen and oxygen atoms in total. The maximum Gasteiger partial charge on any atom is 0.123 e. The third-order valence-electron chi connectivity index (χ3n) is 3.87. The lowest BCUT2D eigenvalue weighted by Crippen LogP contribution is -1.80. The average Bonchev–Trinajstić information content (AvgIpc) is 2.87. The highest BCUT2D eigenvalue weighted by atomic mass is 19.1. The Morgan fingerprint density at radius 1 is 0.952 bits per heavy atom. The number of benzene rings is 2. The first-order valence-electron chi connectivity index (χ1n) is 6.85. The second-order valence-corrected chi connectivity index (χ2v) is 5.21. The quantitative estimate of drug-likeness (QED) is 0.530. The molecule has 0 fully saturated rings. The Bertz CT molecular complexity index is 969. The number of halogens is 1. The van der Waals surface area contributed by atoms with Crippen molar-refractivity contribution in [3.63, 3.8) is 0 Å². The topological polar surface area (TPSA) is 28.7 Å². The van der Waals surface area contributed by atoms with E-state index in [1.807, 2.05) is 37.4 Å². The fourth-order valence-corrected chi connectivity index (χ4v) is 2.81. The Morgan fingerprint density at radius 2 is 1.81 bits per heavy atom. The number of aryl methyl sites for hydroxylation is 1. The van der Waals surface area contributed by atoms with Crippen molar-refractivity contribution in [2.75, 3.05) is 0 Å². The number of fused-ring (bicyclic) bond motifs is 3. The average molecular weight is 276 g/mol. The molecule has 0 atom stereocenters. The molecule has 2 aromatic carbocycles. The number of pyridine rings is 1. The summed E-state index contributed by atoms with van der Waals surface area (Å²) < 4.78 is 13.4. The van der Waals surface area contributed by atoms with Crippen molar-refractivity contribution in [3.05, 3.63) is 66.2 Å². The molecule has 0 radical (unpaired) electrons. The van der Waals surface area contributed by atoms with E-state index >= 15 is 0 Å². The highest BCUT2D eigenvalue weighted by Gasteiger charge is 2.08. The summed E-state index contributed by atoms with van der Waals surface area (Å²) in [5.74, 6) is -0.216. The lowest BCUT2D eigenvalue weighted by Gasteiger charge is -2.02. The molecule has 0 amide bonds. The van der Waals surface area contributed by atoms with Crippen molar-refractivity contribution in [1.29, 1.82) is 0 Å². The van der Waals surface area contributed by atoms with Crippen LogP contribution in [-0.4, -0.2) is 9.97 Å². The largest absolute Gasteiger partial charge is 0.353 e. The fourth-order valence-electron chi connectivity index (χ4n) is 2.81. The van der Waals surface area contributed by atoms with Crippen molar-refractivity contribution >= 4 is 21.8 Å². The van der Waals surface area contributed by atoms with E-state index in [0.29, 0.717) is 0 Å². The molecule has 4 aromatic rings. The van der Waals surface area contributed by atoms with Crippen LogP contribution >= 0.6 is 0 Å². The van der Waals surface area contributed by atoms with Crippen LogP contribution in [0.4, 0.5) is 4.39 Å². The van der Waals surface area contributed by atoms with Crippen LogP contribution in [0.2, 0.25) is 0 Å². The molecule has 0 aliphatic heterocycles. The number of hydrogen-bond acceptors (Lipinski definition) is 1. The van der Waals surface area contributed by atoms with Crippen LogP contribution in [0.15, 0.2) is 54.7 Å². The van der Waals surface area contributed by atoms with E-state index < -0.39 is 0 Å². The monoisotopic (exact) mass is 276 g/mol. The van der Waals surface area contributed by atoms with Gasteiger partial charge in [0.05, 0.1) is 11.2 Å². The minimum Gasteiger partial charge on any atom is -0.353 e. The summed E-state index contributed by atoms with van der Waals surface area (Å²) in [6, 6.07) is 14.8. The Labute approximate surface area is 121 Å². The van der Waals surface area contributed by atoms with Crippen LogP contribution < -0.4 is 0 Å². The Balaban J connectivity index is 2.01. The molecular weight excluding hydrogens is 263 g/mol. The molecule has 0 bridgehead atoms. The lowest BCUT2D eigenvalue weighted by atomic mass is 10.0. The fraction of sp³-hybridized carbons (Fsp3) is 0.0556. The normalized spacial score (nSPS) is 11.3. The maximum atomic E-state index is 13.4. The standard InChI is InChI=1S/C18H13FN2/c1-11-18-15(7-8-20-11)16-10-13(5-6-17(16)21-18)12-3-2-4-14(19)9-12/h2-10,21H,1H3. The number of aromatic nitrogens is 2. The van der Waals surface area contributed by atoms with Gasteiger partial charge in [-0.3, -0.25) is 4.98 Å². The predicted molar refractivity (Wildman–Crippen MR) is 83.7 cm³/mol. The number of nitrogens with one attached hydrogen (secondary N) is 1. The molecule has 0 spiro atoms. The first-order valence-corrected chi connectivity index (χ1v) is 6.85. The third kappa shape index (κ3) is 1.89. The Hall–Kier alpha value is -2.68. The minimum atomic E-state index is -0.216. The van der Waals surface area contributed by atoms with Gasteiger partial charge in [0, 0.05) is 22.5 Å². The highest BCUT2D eigenvalue weighted by molar-refractivity contribution is 6.09. The van der Waals surface area contributed by atoms with Crippen molar-refractivity contribution in [3.8, 4) is 11.1 Å². The van der Waals surface area contributed by atoms with Gasteiger partial charge in [0.15, 0.2) is 0 Å². The summed E-state index contributed by atoms with van der Waals surface area (Å²) >= 11 is 0. The number of nitrogens with zero attached hydrogens (tertiary/aromatic N) is 1. The van der Waals surface area contributed by atoms with Gasteiger partial charge in [-0.25, -0.2) is 4.39 Å². The van der Waals surface area contributed by atoms with Crippen molar-refractivity contribution < 1.29 is 4.39 Å². The molecule has 1 N–H and O–H groups in total. The van der Waals surface area contributed by atoms with E-state index in [9.17, 15) is 4.39 Å². The maximum absolute atomic E-state index is 13.4. The molecule has 0 aliphatic carbocycles. The van der Waals surface area contributed by atoms with E-state index in [-0.39, 0.29) is 5.82 Å². The van der Waals surface area contributed by atoms with Gasteiger partial charge in [0.2, 0.25) is 0 Å². The summed E-state index contributed by atoms with van der Waals surface area (Å²) in [6.45, 7) is 1.99. The summed E-state index contributed by atoms with van der Waals surface area (Å²) in [5, 5.41) is 2.29. The summed E-state index contributed by atoms with van der Waals surface area (Å²) in [5.41, 5.74) is 5.01. The zero-order valence-electron chi connectivity index (χ0n) is 11.5. The van der Waals surface area contributed by atoms with Gasteiger partial charge in [-0.15, -0.1) is 0 Å². The Morgan fingerprint density at radius 3 is 2.67 bits per heavy atom. The van der Waals surface area contributed by atoms with E-state index in [4.69, 9.17) is 0 Å². The lowest BCUT2D eigenvalue weighted by molar-refractivity contribution is 0.628. The smallest absolute Gasteiger partial charge is 0.123 e. The SMILES string of the molecule is Cc1nccc2c1[nH]c1ccc(-c3cccc(F)c3)cc12. The highest BCUT2D eigenvalue weighted by Crippen LogP contribution is 2.30. The molecule has 0 saturated carbocycles. The van der Waals surface area contributed by atoms with Gasteiger partial charge in [-0.2, -0.15) is 0 Å². The summed E-state index contributed by atoms with van der Waals surface area (Å²) in [7, 11) is 0. The molecule has 2 heterocycles. The molecule has 3 heteroatoms. The molecular formula is C18H13FN2. The van der Waals surface area contributed by atoms with Crippen molar-refractivity contribution in [2.24, 2.45) is 0 Å². The van der Waals surface area contributed by atoms with E-state index in [2.05, 4.69) is 16.0 Å². The van der Waals surface area contributed by atoms with Crippen LogP contribution in [0.1, 0.15) is 5.69 Å². The number of hydrogen-bond donors (Lipinski definition) is 1. The number of rotatable bonds is 1. The molecule has 0 aliphatic rings. The summed E-state index contributed by atoms with van der Waals surface area (Å²) in [4.78, 5) is 7.71. The first kappa shape index (κ1) is 12.1. The van der Waals surface area contributed by atoms with Crippen LogP contribution in [0, 0.1) is 12.7 Å². The predicted octanol–water partition coefficient (Wildman–Crippen LogP) is 4.83. The van der Waals surface area contributed by atoms with E-state index in [1.54, 1.807) is 12.1 Å². The van der Waals surface area contributed by atoms with Crippen LogP contribution in [0.5, 0.6) is 0 Å².